The van der Waals surface area contributed by atoms with E-state index in [0.29, 0.717) is 17.0 Å². The maximum absolute atomic E-state index is 14.1. The van der Waals surface area contributed by atoms with Crippen molar-refractivity contribution < 1.29 is 19.1 Å². The monoisotopic (exact) mass is 523 g/mol. The molecule has 5 N–H and O–H groups in total. The first-order valence-corrected chi connectivity index (χ1v) is 12.6. The highest BCUT2D eigenvalue weighted by molar-refractivity contribution is 7.09. The van der Waals surface area contributed by atoms with Gasteiger partial charge in [0.05, 0.1) is 12.8 Å². The number of nitrogens with zero attached hydrogens (tertiary/aromatic N) is 2. The van der Waals surface area contributed by atoms with Crippen LogP contribution in [0.2, 0.25) is 0 Å². The third-order valence-corrected chi connectivity index (χ3v) is 6.50. The first-order chi connectivity index (χ1) is 17.3. The van der Waals surface area contributed by atoms with Crippen LogP contribution in [0, 0.1) is 0 Å². The van der Waals surface area contributed by atoms with E-state index < -0.39 is 29.3 Å². The van der Waals surface area contributed by atoms with E-state index in [1.54, 1.807) is 43.5 Å². The van der Waals surface area contributed by atoms with Gasteiger partial charge in [-0.15, -0.1) is 0 Å². The molecule has 196 valence electrons. The van der Waals surface area contributed by atoms with Gasteiger partial charge in [0.15, 0.2) is 5.69 Å². The highest BCUT2D eigenvalue weighted by Gasteiger charge is 2.37. The molecule has 0 radical (unpaired) electrons. The number of nitrogens with one attached hydrogen (secondary N) is 1. The molecule has 3 aromatic rings. The average molecular weight is 524 g/mol. The smallest absolute Gasteiger partial charge is 0.273 e. The lowest BCUT2D eigenvalue weighted by molar-refractivity contribution is -0.123. The first kappa shape index (κ1) is 27.7. The molecule has 0 spiro atoms. The largest absolute Gasteiger partial charge is 0.497 e. The van der Waals surface area contributed by atoms with Gasteiger partial charge < -0.3 is 21.5 Å². The van der Waals surface area contributed by atoms with Gasteiger partial charge in [-0.2, -0.15) is 4.37 Å². The normalized spacial score (nSPS) is 12.2. The van der Waals surface area contributed by atoms with Crippen molar-refractivity contribution in [3.8, 4) is 5.75 Å². The molecular formula is C27H33N5O4S. The number of hydrogen-bond donors (Lipinski definition) is 3. The van der Waals surface area contributed by atoms with Crippen molar-refractivity contribution in [2.45, 2.75) is 52.1 Å². The zero-order valence-electron chi connectivity index (χ0n) is 21.9. The maximum atomic E-state index is 14.1. The van der Waals surface area contributed by atoms with E-state index in [9.17, 15) is 14.4 Å². The van der Waals surface area contributed by atoms with Gasteiger partial charge in [-0.1, -0.05) is 38.1 Å². The van der Waals surface area contributed by atoms with Gasteiger partial charge in [0, 0.05) is 11.2 Å². The molecule has 9 nitrogen and oxygen atoms in total. The van der Waals surface area contributed by atoms with Crippen LogP contribution in [-0.4, -0.2) is 34.7 Å². The fourth-order valence-corrected chi connectivity index (χ4v) is 4.53. The lowest BCUT2D eigenvalue weighted by Gasteiger charge is -2.33. The number of ether oxygens (including phenoxy) is 1. The second-order valence-electron chi connectivity index (χ2n) is 9.97. The van der Waals surface area contributed by atoms with E-state index in [2.05, 4.69) is 23.5 Å². The summed E-state index contributed by atoms with van der Waals surface area (Å²) < 4.78 is 9.27. The number of nitrogen functional groups attached to an aromatic ring is 1. The number of aromatic nitrogens is 1. The molecule has 37 heavy (non-hydrogen) atoms. The third-order valence-electron chi connectivity index (χ3n) is 5.65. The average Bonchev–Trinajstić information content (AvgIpc) is 3.22. The van der Waals surface area contributed by atoms with Gasteiger partial charge >= 0.3 is 0 Å². The molecule has 0 aliphatic carbocycles. The third kappa shape index (κ3) is 6.26. The van der Waals surface area contributed by atoms with Crippen molar-refractivity contribution in [1.82, 2.24) is 9.69 Å². The van der Waals surface area contributed by atoms with Gasteiger partial charge in [-0.05, 0) is 73.6 Å². The van der Waals surface area contributed by atoms with Crippen molar-refractivity contribution in [2.24, 2.45) is 5.73 Å². The van der Waals surface area contributed by atoms with E-state index in [4.69, 9.17) is 16.2 Å². The molecule has 0 fully saturated rings. The molecule has 0 aliphatic rings. The molecule has 10 heteroatoms. The zero-order valence-corrected chi connectivity index (χ0v) is 22.7. The number of benzene rings is 2. The maximum Gasteiger partial charge on any atom is 0.273 e. The number of nitrogens with two attached hydrogens (primary N) is 2. The summed E-state index contributed by atoms with van der Waals surface area (Å²) in [4.78, 5) is 41.0. The summed E-state index contributed by atoms with van der Waals surface area (Å²) >= 11 is 0.768. The van der Waals surface area contributed by atoms with Crippen LogP contribution in [0.3, 0.4) is 0 Å². The summed E-state index contributed by atoms with van der Waals surface area (Å²) in [5.41, 5.74) is 12.8. The second-order valence-corrected chi connectivity index (χ2v) is 10.7. The van der Waals surface area contributed by atoms with Gasteiger partial charge in [-0.3, -0.25) is 19.3 Å². The SMILES string of the molecule is COc1ccc(C(C(=O)NC(C)(C)C)N(C(=O)c2snc(C(N)=O)c2N)c2ccc(C(C)C)cc2)cc1. The standard InChI is InChI=1S/C27H33N5O4S/c1-15(2)16-7-11-18(12-8-16)32(26(35)23-20(28)21(24(29)33)31-37-23)22(25(34)30-27(3,4)5)17-9-13-19(36-6)14-10-17/h7-15,22H,28H2,1-6H3,(H2,29,33)(H,30,34). The van der Waals surface area contributed by atoms with Gasteiger partial charge in [-0.25, -0.2) is 0 Å². The molecule has 3 amide bonds. The van der Waals surface area contributed by atoms with Crippen LogP contribution in [0.25, 0.3) is 0 Å². The minimum absolute atomic E-state index is 0.0174. The van der Waals surface area contributed by atoms with Crippen molar-refractivity contribution in [1.29, 1.82) is 0 Å². The Morgan fingerprint density at radius 2 is 1.57 bits per heavy atom. The van der Waals surface area contributed by atoms with Gasteiger partial charge in [0.2, 0.25) is 5.91 Å². The number of anilines is 2. The summed E-state index contributed by atoms with van der Waals surface area (Å²) in [5, 5.41) is 2.99. The van der Waals surface area contributed by atoms with Crippen LogP contribution in [0.1, 0.15) is 77.9 Å². The van der Waals surface area contributed by atoms with Crippen LogP contribution >= 0.6 is 11.5 Å². The Bertz CT molecular complexity index is 1280. The Morgan fingerprint density at radius 1 is 1.00 bits per heavy atom. The summed E-state index contributed by atoms with van der Waals surface area (Å²) in [6, 6.07) is 13.3. The number of methoxy groups -OCH3 is 1. The minimum Gasteiger partial charge on any atom is -0.497 e. The molecule has 0 saturated heterocycles. The van der Waals surface area contributed by atoms with E-state index >= 15 is 0 Å². The second kappa shape index (κ2) is 11.0. The molecule has 0 bridgehead atoms. The number of amides is 3. The summed E-state index contributed by atoms with van der Waals surface area (Å²) in [6.45, 7) is 9.72. The molecule has 1 unspecified atom stereocenters. The van der Waals surface area contributed by atoms with E-state index in [0.717, 1.165) is 17.1 Å². The molecule has 0 aliphatic heterocycles. The van der Waals surface area contributed by atoms with Crippen molar-refractivity contribution in [3.63, 3.8) is 0 Å². The summed E-state index contributed by atoms with van der Waals surface area (Å²) in [5.74, 6) is -0.926. The van der Waals surface area contributed by atoms with E-state index in [1.807, 2.05) is 32.9 Å². The Morgan fingerprint density at radius 3 is 2.03 bits per heavy atom. The van der Waals surface area contributed by atoms with Crippen LogP contribution in [-0.2, 0) is 4.79 Å². The number of primary amides is 1. The van der Waals surface area contributed by atoms with Crippen molar-refractivity contribution in [3.05, 3.63) is 70.2 Å². The molecule has 0 saturated carbocycles. The Hall–Kier alpha value is -3.92. The number of hydrogen-bond acceptors (Lipinski definition) is 7. The lowest BCUT2D eigenvalue weighted by atomic mass is 9.99. The molecule has 1 atom stereocenters. The highest BCUT2D eigenvalue weighted by atomic mass is 32.1. The number of carbonyl (C=O) groups is 3. The van der Waals surface area contributed by atoms with Crippen LogP contribution in [0.5, 0.6) is 5.75 Å². The topological polar surface area (TPSA) is 141 Å². The van der Waals surface area contributed by atoms with Crippen LogP contribution in [0.4, 0.5) is 11.4 Å². The van der Waals surface area contributed by atoms with E-state index in [-0.39, 0.29) is 22.2 Å². The quantitative estimate of drug-likeness (QED) is 0.403. The molecule has 2 aromatic carbocycles. The predicted molar refractivity (Wildman–Crippen MR) is 146 cm³/mol. The zero-order chi connectivity index (χ0) is 27.5. The fourth-order valence-electron chi connectivity index (χ4n) is 3.78. The molecule has 3 rings (SSSR count). The highest BCUT2D eigenvalue weighted by Crippen LogP contribution is 2.34. The molecule has 1 aromatic heterocycles. The van der Waals surface area contributed by atoms with Gasteiger partial charge in [0.25, 0.3) is 11.8 Å². The predicted octanol–water partition coefficient (Wildman–Crippen LogP) is 4.26. The summed E-state index contributed by atoms with van der Waals surface area (Å²) in [7, 11) is 1.55. The van der Waals surface area contributed by atoms with Gasteiger partial charge in [0.1, 0.15) is 16.7 Å². The number of rotatable bonds is 8. The van der Waals surface area contributed by atoms with E-state index in [1.165, 1.54) is 4.90 Å². The number of carbonyl (C=O) groups excluding carboxylic acids is 3. The minimum atomic E-state index is -1.07. The Balaban J connectivity index is 2.24. The summed E-state index contributed by atoms with van der Waals surface area (Å²) in [6.07, 6.45) is 0. The Labute approximate surface area is 221 Å². The molecular weight excluding hydrogens is 490 g/mol. The van der Waals surface area contributed by atoms with Crippen LogP contribution in [0.15, 0.2) is 48.5 Å². The van der Waals surface area contributed by atoms with Crippen molar-refractivity contribution in [2.75, 3.05) is 17.7 Å². The fraction of sp³-hybridized carbons (Fsp3) is 0.333. The molecule has 1 heterocycles. The lowest BCUT2D eigenvalue weighted by Crippen LogP contribution is -2.49. The first-order valence-electron chi connectivity index (χ1n) is 11.8. The van der Waals surface area contributed by atoms with Crippen LogP contribution < -0.4 is 26.4 Å². The Kier molecular flexibility index (Phi) is 8.22. The van der Waals surface area contributed by atoms with Crippen molar-refractivity contribution >= 4 is 40.6 Å².